The summed E-state index contributed by atoms with van der Waals surface area (Å²) in [6.07, 6.45) is -3.19. The molecule has 10 heteroatoms. The Bertz CT molecular complexity index is 1050. The Hall–Kier alpha value is -2.49. The number of halogens is 4. The molecular weight excluding hydrogens is 400 g/mol. The van der Waals surface area contributed by atoms with Gasteiger partial charge in [-0.3, -0.25) is 4.79 Å². The molecule has 1 aliphatic rings. The third-order valence-corrected chi connectivity index (χ3v) is 5.52. The Morgan fingerprint density at radius 2 is 2.14 bits per heavy atom. The van der Waals surface area contributed by atoms with E-state index in [1.807, 2.05) is 0 Å². The zero-order chi connectivity index (χ0) is 20.7. The minimum Gasteiger partial charge on any atom is -0.462 e. The molecule has 0 bridgehead atoms. The summed E-state index contributed by atoms with van der Waals surface area (Å²) < 4.78 is 57.9. The Labute approximate surface area is 160 Å². The van der Waals surface area contributed by atoms with Crippen LogP contribution in [0.4, 0.5) is 17.6 Å². The smallest absolute Gasteiger partial charge is 0.426 e. The molecule has 28 heavy (non-hydrogen) atoms. The van der Waals surface area contributed by atoms with E-state index in [4.69, 9.17) is 4.74 Å². The van der Waals surface area contributed by atoms with Crippen molar-refractivity contribution in [2.45, 2.75) is 38.5 Å². The van der Waals surface area contributed by atoms with Crippen molar-refractivity contribution in [3.05, 3.63) is 50.4 Å². The summed E-state index contributed by atoms with van der Waals surface area (Å²) in [4.78, 5) is 31.7. The van der Waals surface area contributed by atoms with Crippen LogP contribution in [0, 0.1) is 6.92 Å². The normalized spacial score (nSPS) is 19.7. The number of aromatic amines is 1. The second-order valence-corrected chi connectivity index (χ2v) is 7.37. The van der Waals surface area contributed by atoms with Crippen LogP contribution < -0.4 is 5.56 Å². The summed E-state index contributed by atoms with van der Waals surface area (Å²) in [5, 5.41) is 0.226. The lowest BCUT2D eigenvalue weighted by atomic mass is 9.89. The van der Waals surface area contributed by atoms with Gasteiger partial charge in [-0.1, -0.05) is 17.7 Å². The van der Waals surface area contributed by atoms with E-state index in [2.05, 4.69) is 9.97 Å². The standard InChI is InChI=1S/C18H16F4N2O3S/c1-3-27-16(26)13-9(2)12-14(25)23-11(24-15(12)28-13)7-10-5-4-6-17(19,8-10)18(20,21)22/h4-6H,3,7-8H2,1-2H3,(H,23,24,25). The molecule has 0 saturated heterocycles. The van der Waals surface area contributed by atoms with E-state index in [0.717, 1.165) is 17.4 Å². The van der Waals surface area contributed by atoms with Gasteiger partial charge in [-0.15, -0.1) is 11.3 Å². The van der Waals surface area contributed by atoms with E-state index in [9.17, 15) is 27.2 Å². The highest BCUT2D eigenvalue weighted by Gasteiger charge is 2.54. The average Bonchev–Trinajstić information content (AvgIpc) is 2.91. The number of hydrogen-bond donors (Lipinski definition) is 1. The largest absolute Gasteiger partial charge is 0.462 e. The molecule has 0 fully saturated rings. The number of aryl methyl sites for hydroxylation is 1. The highest BCUT2D eigenvalue weighted by Crippen LogP contribution is 2.42. The van der Waals surface area contributed by atoms with Crippen molar-refractivity contribution in [1.82, 2.24) is 9.97 Å². The minimum atomic E-state index is -5.03. The maximum Gasteiger partial charge on any atom is 0.426 e. The van der Waals surface area contributed by atoms with Crippen LogP contribution in [0.1, 0.15) is 34.4 Å². The molecule has 2 aromatic rings. The first-order valence-corrected chi connectivity index (χ1v) is 9.19. The van der Waals surface area contributed by atoms with Gasteiger partial charge in [0, 0.05) is 12.8 Å². The number of allylic oxidation sites excluding steroid dienone is 4. The number of esters is 1. The van der Waals surface area contributed by atoms with Gasteiger partial charge in [0.25, 0.3) is 5.56 Å². The molecule has 0 aromatic carbocycles. The Morgan fingerprint density at radius 3 is 2.79 bits per heavy atom. The predicted molar refractivity (Wildman–Crippen MR) is 96.4 cm³/mol. The monoisotopic (exact) mass is 416 g/mol. The average molecular weight is 416 g/mol. The van der Waals surface area contributed by atoms with Gasteiger partial charge in [-0.2, -0.15) is 13.2 Å². The van der Waals surface area contributed by atoms with Gasteiger partial charge in [-0.25, -0.2) is 14.2 Å². The number of rotatable bonds is 4. The van der Waals surface area contributed by atoms with E-state index in [-0.39, 0.29) is 39.5 Å². The fraction of sp³-hybridized carbons (Fsp3) is 0.389. The minimum absolute atomic E-state index is 0.0974. The molecule has 1 aliphatic carbocycles. The van der Waals surface area contributed by atoms with Crippen molar-refractivity contribution in [3.8, 4) is 0 Å². The number of thiophene rings is 1. The van der Waals surface area contributed by atoms with Crippen molar-refractivity contribution in [2.75, 3.05) is 6.61 Å². The number of ether oxygens (including phenoxy) is 1. The first kappa shape index (κ1) is 20.2. The highest BCUT2D eigenvalue weighted by molar-refractivity contribution is 7.20. The third kappa shape index (κ3) is 3.60. The second-order valence-electron chi connectivity index (χ2n) is 6.37. The number of nitrogens with zero attached hydrogens (tertiary/aromatic N) is 1. The van der Waals surface area contributed by atoms with E-state index >= 15 is 0 Å². The lowest BCUT2D eigenvalue weighted by Crippen LogP contribution is -2.40. The van der Waals surface area contributed by atoms with E-state index in [1.54, 1.807) is 13.8 Å². The number of alkyl halides is 4. The highest BCUT2D eigenvalue weighted by atomic mass is 32.1. The summed E-state index contributed by atoms with van der Waals surface area (Å²) in [5.74, 6) is -0.475. The fourth-order valence-electron chi connectivity index (χ4n) is 2.98. The van der Waals surface area contributed by atoms with E-state index in [0.29, 0.717) is 11.6 Å². The summed E-state index contributed by atoms with van der Waals surface area (Å²) in [6.45, 7) is 3.42. The zero-order valence-corrected chi connectivity index (χ0v) is 15.8. The van der Waals surface area contributed by atoms with Gasteiger partial charge in [-0.05, 0) is 25.5 Å². The van der Waals surface area contributed by atoms with Crippen LogP contribution in [-0.2, 0) is 11.2 Å². The van der Waals surface area contributed by atoms with E-state index < -0.39 is 29.8 Å². The van der Waals surface area contributed by atoms with Crippen LogP contribution in [0.25, 0.3) is 10.2 Å². The molecule has 1 unspecified atom stereocenters. The van der Waals surface area contributed by atoms with Crippen LogP contribution in [0.2, 0.25) is 0 Å². The quantitative estimate of drug-likeness (QED) is 0.600. The topological polar surface area (TPSA) is 72.0 Å². The molecule has 0 amide bonds. The third-order valence-electron chi connectivity index (χ3n) is 4.35. The molecule has 2 aromatic heterocycles. The van der Waals surface area contributed by atoms with Crippen molar-refractivity contribution in [1.29, 1.82) is 0 Å². The Morgan fingerprint density at radius 1 is 1.43 bits per heavy atom. The number of fused-ring (bicyclic) bond motifs is 1. The van der Waals surface area contributed by atoms with Gasteiger partial charge in [0.1, 0.15) is 15.5 Å². The Kier molecular flexibility index (Phi) is 5.18. The molecule has 5 nitrogen and oxygen atoms in total. The Balaban J connectivity index is 1.93. The molecular formula is C18H16F4N2O3S. The zero-order valence-electron chi connectivity index (χ0n) is 14.9. The summed E-state index contributed by atoms with van der Waals surface area (Å²) in [5.41, 5.74) is -3.39. The van der Waals surface area contributed by atoms with Crippen LogP contribution in [0.3, 0.4) is 0 Å². The van der Waals surface area contributed by atoms with Gasteiger partial charge in [0.2, 0.25) is 5.67 Å². The van der Waals surface area contributed by atoms with Gasteiger partial charge >= 0.3 is 12.1 Å². The van der Waals surface area contributed by atoms with Gasteiger partial charge in [0.15, 0.2) is 0 Å². The molecule has 0 saturated carbocycles. The van der Waals surface area contributed by atoms with Crippen LogP contribution in [0.5, 0.6) is 0 Å². The maximum atomic E-state index is 14.2. The van der Waals surface area contributed by atoms with Crippen LogP contribution in [-0.4, -0.2) is 34.4 Å². The number of carbonyl (C=O) groups excluding carboxylic acids is 1. The van der Waals surface area contributed by atoms with Gasteiger partial charge < -0.3 is 9.72 Å². The molecule has 1 N–H and O–H groups in total. The lowest BCUT2D eigenvalue weighted by molar-refractivity contribution is -0.211. The molecule has 0 radical (unpaired) electrons. The van der Waals surface area contributed by atoms with Crippen LogP contribution >= 0.6 is 11.3 Å². The van der Waals surface area contributed by atoms with Crippen molar-refractivity contribution >= 4 is 27.5 Å². The number of H-pyrrole nitrogens is 1. The molecule has 0 aliphatic heterocycles. The number of hydrogen-bond acceptors (Lipinski definition) is 5. The van der Waals surface area contributed by atoms with Crippen molar-refractivity contribution in [3.63, 3.8) is 0 Å². The summed E-state index contributed by atoms with van der Waals surface area (Å²) >= 11 is 0.973. The molecule has 150 valence electrons. The second kappa shape index (κ2) is 7.16. The summed E-state index contributed by atoms with van der Waals surface area (Å²) in [7, 11) is 0. The van der Waals surface area contributed by atoms with Gasteiger partial charge in [0.05, 0.1) is 12.0 Å². The van der Waals surface area contributed by atoms with Crippen molar-refractivity contribution in [2.24, 2.45) is 0 Å². The van der Waals surface area contributed by atoms with Crippen molar-refractivity contribution < 1.29 is 27.1 Å². The predicted octanol–water partition coefficient (Wildman–Crippen LogP) is 4.17. The number of aromatic nitrogens is 2. The fourth-order valence-corrected chi connectivity index (χ4v) is 4.07. The molecule has 3 rings (SSSR count). The number of carbonyl (C=O) groups is 1. The molecule has 0 spiro atoms. The first-order chi connectivity index (χ1) is 13.1. The van der Waals surface area contributed by atoms with Crippen LogP contribution in [0.15, 0.2) is 28.6 Å². The summed E-state index contributed by atoms with van der Waals surface area (Å²) in [6, 6.07) is 0. The maximum absolute atomic E-state index is 14.2. The van der Waals surface area contributed by atoms with E-state index in [1.165, 1.54) is 6.08 Å². The molecule has 2 heterocycles. The SMILES string of the molecule is CCOC(=O)c1sc2nc(CC3=CC=CC(F)(C(F)(F)F)C3)[nH]c(=O)c2c1C. The molecule has 1 atom stereocenters. The lowest BCUT2D eigenvalue weighted by Gasteiger charge is -2.27. The number of nitrogens with one attached hydrogen (secondary N) is 1. The first-order valence-electron chi connectivity index (χ1n) is 8.38.